The quantitative estimate of drug-likeness (QED) is 0.870. The monoisotopic (exact) mass is 295 g/mol. The van der Waals surface area contributed by atoms with Crippen molar-refractivity contribution in [1.82, 2.24) is 9.78 Å². The van der Waals surface area contributed by atoms with Crippen molar-refractivity contribution in [2.45, 2.75) is 6.18 Å². The largest absolute Gasteiger partial charge is 0.433 e. The predicted molar refractivity (Wildman–Crippen MR) is 63.0 cm³/mol. The highest BCUT2D eigenvalue weighted by atomic mass is 35.5. The van der Waals surface area contributed by atoms with E-state index < -0.39 is 11.9 Å². The smallest absolute Gasteiger partial charge is 0.382 e. The molecule has 2 N–H and O–H groups in total. The lowest BCUT2D eigenvalue weighted by Gasteiger charge is -2.11. The van der Waals surface area contributed by atoms with Crippen LogP contribution in [0.2, 0.25) is 10.0 Å². The van der Waals surface area contributed by atoms with Gasteiger partial charge in [-0.3, -0.25) is 0 Å². The molecule has 0 bridgehead atoms. The number of alkyl halides is 3. The molecule has 3 nitrogen and oxygen atoms in total. The Bertz CT molecular complexity index is 593. The Hall–Kier alpha value is -1.40. The molecule has 0 radical (unpaired) electrons. The third kappa shape index (κ3) is 2.39. The second-order valence-electron chi connectivity index (χ2n) is 3.46. The van der Waals surface area contributed by atoms with Crippen LogP contribution in [0.4, 0.5) is 19.0 Å². The minimum absolute atomic E-state index is 0.0519. The number of hydrogen-bond acceptors (Lipinski definition) is 2. The molecule has 0 saturated carbocycles. The predicted octanol–water partition coefficient (Wildman–Crippen LogP) is 3.78. The first-order chi connectivity index (χ1) is 8.29. The van der Waals surface area contributed by atoms with Gasteiger partial charge in [0, 0.05) is 11.1 Å². The van der Waals surface area contributed by atoms with E-state index in [2.05, 4.69) is 5.10 Å². The van der Waals surface area contributed by atoms with E-state index in [0.717, 1.165) is 6.07 Å². The van der Waals surface area contributed by atoms with Crippen LogP contribution in [0.5, 0.6) is 0 Å². The van der Waals surface area contributed by atoms with E-state index in [9.17, 15) is 13.2 Å². The summed E-state index contributed by atoms with van der Waals surface area (Å²) in [5.74, 6) is -0.242. The van der Waals surface area contributed by atoms with Crippen LogP contribution in [-0.2, 0) is 6.18 Å². The minimum Gasteiger partial charge on any atom is -0.382 e. The number of nitrogen functional groups attached to an aromatic ring is 1. The molecular formula is C10H6Cl2F3N3. The number of nitrogens with two attached hydrogens (primary N) is 1. The van der Waals surface area contributed by atoms with Gasteiger partial charge in [0.1, 0.15) is 5.82 Å². The van der Waals surface area contributed by atoms with E-state index in [4.69, 9.17) is 28.9 Å². The number of benzene rings is 1. The van der Waals surface area contributed by atoms with Crippen LogP contribution in [0.3, 0.4) is 0 Å². The highest BCUT2D eigenvalue weighted by Gasteiger charge is 2.36. The van der Waals surface area contributed by atoms with Gasteiger partial charge in [-0.2, -0.15) is 18.3 Å². The number of halogens is 5. The van der Waals surface area contributed by atoms with Gasteiger partial charge in [-0.1, -0.05) is 23.2 Å². The zero-order valence-electron chi connectivity index (χ0n) is 8.67. The summed E-state index contributed by atoms with van der Waals surface area (Å²) < 4.78 is 39.0. The van der Waals surface area contributed by atoms with Crippen LogP contribution in [0, 0.1) is 0 Å². The summed E-state index contributed by atoms with van der Waals surface area (Å²) in [5, 5.41) is 3.95. The number of anilines is 1. The molecule has 1 aromatic carbocycles. The number of hydrogen-bond donors (Lipinski definition) is 1. The van der Waals surface area contributed by atoms with E-state index >= 15 is 0 Å². The third-order valence-corrected chi connectivity index (χ3v) is 2.69. The van der Waals surface area contributed by atoms with Crippen LogP contribution < -0.4 is 5.73 Å². The molecule has 8 heteroatoms. The zero-order valence-corrected chi connectivity index (χ0v) is 10.2. The Balaban J connectivity index is 2.64. The van der Waals surface area contributed by atoms with E-state index in [1.807, 2.05) is 0 Å². The van der Waals surface area contributed by atoms with Gasteiger partial charge in [-0.15, -0.1) is 0 Å². The van der Waals surface area contributed by atoms with Crippen molar-refractivity contribution in [3.63, 3.8) is 0 Å². The Morgan fingerprint density at radius 1 is 1.17 bits per heavy atom. The summed E-state index contributed by atoms with van der Waals surface area (Å²) in [6, 6.07) is 4.83. The van der Waals surface area contributed by atoms with E-state index in [1.165, 1.54) is 18.2 Å². The van der Waals surface area contributed by atoms with Crippen molar-refractivity contribution in [2.75, 3.05) is 5.73 Å². The molecule has 0 unspecified atom stereocenters. The highest BCUT2D eigenvalue weighted by molar-refractivity contribution is 6.35. The maximum atomic E-state index is 12.8. The molecule has 0 aliphatic rings. The van der Waals surface area contributed by atoms with Gasteiger partial charge in [0.05, 0.1) is 10.7 Å². The standard InChI is InChI=1S/C10H6Cl2F3N3/c11-5-1-2-7(6(12)3-5)18-8(10(13,14)15)4-9(16)17-18/h1-4H,(H2,16,17). The summed E-state index contributed by atoms with van der Waals surface area (Å²) in [6.07, 6.45) is -4.58. The minimum atomic E-state index is -4.58. The van der Waals surface area contributed by atoms with Gasteiger partial charge in [0.15, 0.2) is 5.69 Å². The Labute approximate surface area is 110 Å². The number of aromatic nitrogens is 2. The Morgan fingerprint density at radius 3 is 2.39 bits per heavy atom. The maximum Gasteiger partial charge on any atom is 0.433 e. The molecule has 0 aliphatic heterocycles. The highest BCUT2D eigenvalue weighted by Crippen LogP contribution is 2.34. The Kier molecular flexibility index (Phi) is 3.16. The molecule has 0 atom stereocenters. The summed E-state index contributed by atoms with van der Waals surface area (Å²) >= 11 is 11.5. The van der Waals surface area contributed by atoms with Gasteiger partial charge in [0.25, 0.3) is 0 Å². The fraction of sp³-hybridized carbons (Fsp3) is 0.100. The first-order valence-corrected chi connectivity index (χ1v) is 5.43. The third-order valence-electron chi connectivity index (χ3n) is 2.16. The maximum absolute atomic E-state index is 12.8. The van der Waals surface area contributed by atoms with E-state index in [1.54, 1.807) is 0 Å². The van der Waals surface area contributed by atoms with Crippen molar-refractivity contribution in [3.8, 4) is 5.69 Å². The SMILES string of the molecule is Nc1cc(C(F)(F)F)n(-c2ccc(Cl)cc2Cl)n1. The van der Waals surface area contributed by atoms with Crippen molar-refractivity contribution in [3.05, 3.63) is 40.0 Å². The molecule has 0 amide bonds. The Morgan fingerprint density at radius 2 is 1.83 bits per heavy atom. The van der Waals surface area contributed by atoms with Gasteiger partial charge in [0.2, 0.25) is 0 Å². The first kappa shape index (κ1) is 13.0. The zero-order chi connectivity index (χ0) is 13.5. The fourth-order valence-corrected chi connectivity index (χ4v) is 1.93. The van der Waals surface area contributed by atoms with Crippen molar-refractivity contribution >= 4 is 29.0 Å². The average Bonchev–Trinajstić information content (AvgIpc) is 2.59. The second kappa shape index (κ2) is 4.37. The summed E-state index contributed by atoms with van der Waals surface area (Å²) in [6.45, 7) is 0. The van der Waals surface area contributed by atoms with Gasteiger partial charge < -0.3 is 5.73 Å². The van der Waals surface area contributed by atoms with Crippen molar-refractivity contribution in [2.24, 2.45) is 0 Å². The summed E-state index contributed by atoms with van der Waals surface area (Å²) in [5.41, 5.74) is 4.36. The van der Waals surface area contributed by atoms with Crippen molar-refractivity contribution < 1.29 is 13.2 Å². The average molecular weight is 296 g/mol. The summed E-state index contributed by atoms with van der Waals surface area (Å²) in [4.78, 5) is 0. The molecular weight excluding hydrogens is 290 g/mol. The normalized spacial score (nSPS) is 11.8. The molecule has 2 rings (SSSR count). The van der Waals surface area contributed by atoms with Gasteiger partial charge in [-0.05, 0) is 18.2 Å². The van der Waals surface area contributed by atoms with Crippen LogP contribution in [0.1, 0.15) is 5.69 Å². The molecule has 1 aromatic heterocycles. The molecule has 0 spiro atoms. The molecule has 0 fully saturated rings. The second-order valence-corrected chi connectivity index (χ2v) is 4.30. The molecule has 2 aromatic rings. The van der Waals surface area contributed by atoms with Crippen LogP contribution in [-0.4, -0.2) is 9.78 Å². The van der Waals surface area contributed by atoms with Crippen LogP contribution >= 0.6 is 23.2 Å². The van der Waals surface area contributed by atoms with E-state index in [0.29, 0.717) is 9.70 Å². The number of rotatable bonds is 1. The van der Waals surface area contributed by atoms with Crippen LogP contribution in [0.15, 0.2) is 24.3 Å². The van der Waals surface area contributed by atoms with Gasteiger partial charge >= 0.3 is 6.18 Å². The van der Waals surface area contributed by atoms with E-state index in [-0.39, 0.29) is 16.5 Å². The van der Waals surface area contributed by atoms with Crippen LogP contribution in [0.25, 0.3) is 5.69 Å². The summed E-state index contributed by atoms with van der Waals surface area (Å²) in [7, 11) is 0. The topological polar surface area (TPSA) is 43.8 Å². The lowest BCUT2D eigenvalue weighted by molar-refractivity contribution is -0.142. The van der Waals surface area contributed by atoms with Gasteiger partial charge in [-0.25, -0.2) is 4.68 Å². The molecule has 18 heavy (non-hydrogen) atoms. The lowest BCUT2D eigenvalue weighted by atomic mass is 10.3. The van der Waals surface area contributed by atoms with Crippen molar-refractivity contribution in [1.29, 1.82) is 0 Å². The first-order valence-electron chi connectivity index (χ1n) is 4.67. The number of nitrogens with zero attached hydrogens (tertiary/aromatic N) is 2. The molecule has 1 heterocycles. The lowest BCUT2D eigenvalue weighted by Crippen LogP contribution is -2.13. The fourth-order valence-electron chi connectivity index (χ4n) is 1.44. The molecule has 96 valence electrons. The molecule has 0 saturated heterocycles. The molecule has 0 aliphatic carbocycles.